The molecule has 12 heavy (non-hydrogen) atoms. The molecule has 4 nitrogen and oxygen atoms in total. The van der Waals surface area contributed by atoms with Crippen LogP contribution in [0.5, 0.6) is 0 Å². The second kappa shape index (κ2) is 3.87. The molecule has 0 saturated heterocycles. The fourth-order valence-corrected chi connectivity index (χ4v) is 1.80. The number of carboxylic acid groups (broad SMARTS) is 1. The van der Waals surface area contributed by atoms with E-state index in [2.05, 4.69) is 0 Å². The molecular weight excluding hydrogens is 158 g/mol. The van der Waals surface area contributed by atoms with E-state index in [-0.39, 0.29) is 12.1 Å². The van der Waals surface area contributed by atoms with Gasteiger partial charge in [-0.25, -0.2) is 0 Å². The zero-order chi connectivity index (χ0) is 9.14. The van der Waals surface area contributed by atoms with E-state index in [0.717, 1.165) is 12.8 Å². The number of rotatable bonds is 2. The summed E-state index contributed by atoms with van der Waals surface area (Å²) >= 11 is 0. The molecular formula is C8H15NO3. The molecule has 0 spiro atoms. The van der Waals surface area contributed by atoms with E-state index in [4.69, 9.17) is 15.6 Å². The summed E-state index contributed by atoms with van der Waals surface area (Å²) in [6.45, 7) is 0. The maximum atomic E-state index is 10.7. The normalized spacial score (nSPS) is 36.3. The molecule has 0 bridgehead atoms. The second-order valence-electron chi connectivity index (χ2n) is 3.24. The van der Waals surface area contributed by atoms with Crippen LogP contribution in [0.15, 0.2) is 0 Å². The van der Waals surface area contributed by atoms with Gasteiger partial charge >= 0.3 is 5.97 Å². The summed E-state index contributed by atoms with van der Waals surface area (Å²) in [6.07, 6.45) is 2.12. The minimum atomic E-state index is -0.794. The van der Waals surface area contributed by atoms with Gasteiger partial charge in [-0.3, -0.25) is 4.79 Å². The van der Waals surface area contributed by atoms with Crippen LogP contribution in [0.3, 0.4) is 0 Å². The Kier molecular flexibility index (Phi) is 3.05. The lowest BCUT2D eigenvalue weighted by molar-refractivity contribution is -0.149. The van der Waals surface area contributed by atoms with Crippen molar-refractivity contribution in [1.82, 2.24) is 0 Å². The minimum absolute atomic E-state index is 0.121. The first kappa shape index (κ1) is 9.48. The Morgan fingerprint density at radius 2 is 2.25 bits per heavy atom. The van der Waals surface area contributed by atoms with Gasteiger partial charge in [0.2, 0.25) is 0 Å². The highest BCUT2D eigenvalue weighted by molar-refractivity contribution is 5.71. The molecule has 0 amide bonds. The molecule has 3 atom stereocenters. The van der Waals surface area contributed by atoms with Crippen molar-refractivity contribution in [2.75, 3.05) is 7.11 Å². The van der Waals surface area contributed by atoms with Crippen molar-refractivity contribution >= 4 is 5.97 Å². The number of hydrogen-bond donors (Lipinski definition) is 2. The predicted octanol–water partition coefficient (Wildman–Crippen LogP) is 0.213. The molecule has 3 unspecified atom stereocenters. The van der Waals surface area contributed by atoms with Gasteiger partial charge in [0.1, 0.15) is 0 Å². The summed E-state index contributed by atoms with van der Waals surface area (Å²) in [6, 6.07) is -0.121. The number of hydrogen-bond acceptors (Lipinski definition) is 3. The molecule has 0 aliphatic heterocycles. The topological polar surface area (TPSA) is 72.5 Å². The lowest BCUT2D eigenvalue weighted by Crippen LogP contribution is -2.47. The van der Waals surface area contributed by atoms with E-state index in [1.165, 1.54) is 7.11 Å². The Morgan fingerprint density at radius 3 is 2.67 bits per heavy atom. The first-order valence-corrected chi connectivity index (χ1v) is 4.18. The van der Waals surface area contributed by atoms with Gasteiger partial charge in [0.05, 0.1) is 12.0 Å². The highest BCUT2D eigenvalue weighted by atomic mass is 16.5. The van der Waals surface area contributed by atoms with Crippen LogP contribution >= 0.6 is 0 Å². The molecule has 1 rings (SSSR count). The smallest absolute Gasteiger partial charge is 0.309 e. The Balaban J connectivity index is 2.64. The zero-order valence-corrected chi connectivity index (χ0v) is 7.19. The van der Waals surface area contributed by atoms with Gasteiger partial charge in [0, 0.05) is 13.2 Å². The van der Waals surface area contributed by atoms with Crippen molar-refractivity contribution < 1.29 is 14.6 Å². The first-order chi connectivity index (χ1) is 5.66. The van der Waals surface area contributed by atoms with E-state index in [1.54, 1.807) is 0 Å². The monoisotopic (exact) mass is 173 g/mol. The molecule has 4 heteroatoms. The number of nitrogens with two attached hydrogens (primary N) is 1. The van der Waals surface area contributed by atoms with Gasteiger partial charge in [-0.2, -0.15) is 0 Å². The average molecular weight is 173 g/mol. The number of aliphatic carboxylic acids is 1. The summed E-state index contributed by atoms with van der Waals surface area (Å²) in [5.74, 6) is -1.21. The average Bonchev–Trinajstić information content (AvgIpc) is 2.03. The summed E-state index contributed by atoms with van der Waals surface area (Å²) in [5, 5.41) is 8.82. The van der Waals surface area contributed by atoms with Gasteiger partial charge in [0.15, 0.2) is 0 Å². The zero-order valence-electron chi connectivity index (χ0n) is 7.19. The summed E-state index contributed by atoms with van der Waals surface area (Å²) in [5.41, 5.74) is 5.73. The number of carboxylic acids is 1. The number of ether oxygens (including phenoxy) is 1. The summed E-state index contributed by atoms with van der Waals surface area (Å²) < 4.78 is 5.07. The molecule has 1 aliphatic rings. The fraction of sp³-hybridized carbons (Fsp3) is 0.875. The van der Waals surface area contributed by atoms with Crippen LogP contribution in [0, 0.1) is 5.92 Å². The van der Waals surface area contributed by atoms with E-state index in [9.17, 15) is 4.79 Å². The number of methoxy groups -OCH3 is 1. The van der Waals surface area contributed by atoms with Crippen molar-refractivity contribution in [3.63, 3.8) is 0 Å². The molecule has 70 valence electrons. The van der Waals surface area contributed by atoms with E-state index < -0.39 is 11.9 Å². The van der Waals surface area contributed by atoms with Crippen molar-refractivity contribution in [1.29, 1.82) is 0 Å². The highest BCUT2D eigenvalue weighted by Crippen LogP contribution is 2.25. The second-order valence-corrected chi connectivity index (χ2v) is 3.24. The summed E-state index contributed by atoms with van der Waals surface area (Å²) in [7, 11) is 1.52. The van der Waals surface area contributed by atoms with E-state index in [1.807, 2.05) is 0 Å². The van der Waals surface area contributed by atoms with Crippen molar-refractivity contribution in [3.05, 3.63) is 0 Å². The number of carbonyl (C=O) groups is 1. The molecule has 0 aromatic rings. The summed E-state index contributed by atoms with van der Waals surface area (Å²) in [4.78, 5) is 10.7. The quantitative estimate of drug-likeness (QED) is 0.626. The molecule has 1 fully saturated rings. The van der Waals surface area contributed by atoms with Crippen LogP contribution in [0.1, 0.15) is 19.3 Å². The molecule has 1 aliphatic carbocycles. The first-order valence-electron chi connectivity index (χ1n) is 4.18. The molecule has 1 saturated carbocycles. The van der Waals surface area contributed by atoms with Gasteiger partial charge in [-0.05, 0) is 12.8 Å². The van der Waals surface area contributed by atoms with Crippen LogP contribution in [0.25, 0.3) is 0 Å². The lowest BCUT2D eigenvalue weighted by atomic mass is 9.83. The van der Waals surface area contributed by atoms with Crippen molar-refractivity contribution in [2.45, 2.75) is 31.4 Å². The Morgan fingerprint density at radius 1 is 1.58 bits per heavy atom. The van der Waals surface area contributed by atoms with Crippen LogP contribution in [0.2, 0.25) is 0 Å². The van der Waals surface area contributed by atoms with E-state index in [0.29, 0.717) is 6.42 Å². The van der Waals surface area contributed by atoms with Crippen LogP contribution in [0.4, 0.5) is 0 Å². The van der Waals surface area contributed by atoms with Crippen molar-refractivity contribution in [3.8, 4) is 0 Å². The Bertz CT molecular complexity index is 172. The van der Waals surface area contributed by atoms with Crippen molar-refractivity contribution in [2.24, 2.45) is 11.7 Å². The van der Waals surface area contributed by atoms with Crippen LogP contribution in [-0.4, -0.2) is 30.3 Å². The fourth-order valence-electron chi connectivity index (χ4n) is 1.80. The van der Waals surface area contributed by atoms with Crippen LogP contribution < -0.4 is 5.73 Å². The Hall–Kier alpha value is -0.610. The Labute approximate surface area is 71.7 Å². The SMILES string of the molecule is COC1C(N)CCCC1C(=O)O. The lowest BCUT2D eigenvalue weighted by Gasteiger charge is -2.32. The van der Waals surface area contributed by atoms with Gasteiger partial charge in [-0.1, -0.05) is 6.42 Å². The molecule has 0 aromatic heterocycles. The standard InChI is InChI=1S/C8H15NO3/c1-12-7-5(8(10)11)3-2-4-6(7)9/h5-7H,2-4,9H2,1H3,(H,10,11). The van der Waals surface area contributed by atoms with Gasteiger partial charge < -0.3 is 15.6 Å². The molecule has 0 aromatic carbocycles. The maximum absolute atomic E-state index is 10.7. The third-order valence-corrected chi connectivity index (χ3v) is 2.46. The predicted molar refractivity (Wildman–Crippen MR) is 43.7 cm³/mol. The minimum Gasteiger partial charge on any atom is -0.481 e. The third kappa shape index (κ3) is 1.76. The van der Waals surface area contributed by atoms with E-state index >= 15 is 0 Å². The van der Waals surface area contributed by atoms with Crippen LogP contribution in [-0.2, 0) is 9.53 Å². The highest BCUT2D eigenvalue weighted by Gasteiger charge is 2.35. The largest absolute Gasteiger partial charge is 0.481 e. The molecule has 3 N–H and O–H groups in total. The van der Waals surface area contributed by atoms with Gasteiger partial charge in [-0.15, -0.1) is 0 Å². The third-order valence-electron chi connectivity index (χ3n) is 2.46. The van der Waals surface area contributed by atoms with Gasteiger partial charge in [0.25, 0.3) is 0 Å². The maximum Gasteiger partial charge on any atom is 0.309 e. The molecule has 0 radical (unpaired) electrons. The molecule has 0 heterocycles.